The van der Waals surface area contributed by atoms with E-state index in [1.54, 1.807) is 7.05 Å². The number of nitrogens with one attached hydrogen (secondary N) is 1. The van der Waals surface area contributed by atoms with E-state index in [4.69, 9.17) is 4.74 Å². The highest BCUT2D eigenvalue weighted by atomic mass is 32.2. The number of nitrogens with zero attached hydrogens (tertiary/aromatic N) is 1. The molecular formula is C13H24N2O4S. The first kappa shape index (κ1) is 15.7. The first-order chi connectivity index (χ1) is 9.48. The lowest BCUT2D eigenvalue weighted by Gasteiger charge is -2.34. The van der Waals surface area contributed by atoms with Gasteiger partial charge in [-0.15, -0.1) is 0 Å². The largest absolute Gasteiger partial charge is 0.469 e. The number of sulfonamides is 1. The number of ether oxygens (including phenoxy) is 1. The molecule has 1 aliphatic heterocycles. The molecule has 0 spiro atoms. The van der Waals surface area contributed by atoms with Crippen LogP contribution >= 0.6 is 0 Å². The number of carbonyl (C=O) groups is 1. The Morgan fingerprint density at radius 3 is 2.55 bits per heavy atom. The van der Waals surface area contributed by atoms with Crippen molar-refractivity contribution in [2.45, 2.75) is 43.4 Å². The third kappa shape index (κ3) is 2.99. The van der Waals surface area contributed by atoms with Crippen molar-refractivity contribution in [2.75, 3.05) is 27.2 Å². The lowest BCUT2D eigenvalue weighted by Crippen LogP contribution is -2.48. The van der Waals surface area contributed by atoms with Crippen molar-refractivity contribution in [1.29, 1.82) is 0 Å². The summed E-state index contributed by atoms with van der Waals surface area (Å²) in [5.74, 6) is -0.910. The van der Waals surface area contributed by atoms with Gasteiger partial charge in [-0.05, 0) is 25.8 Å². The van der Waals surface area contributed by atoms with Crippen LogP contribution < -0.4 is 5.32 Å². The number of hydrogen-bond donors (Lipinski definition) is 1. The first-order valence-electron chi connectivity index (χ1n) is 7.24. The molecule has 2 aliphatic rings. The fraction of sp³-hybridized carbons (Fsp3) is 0.923. The molecular weight excluding hydrogens is 280 g/mol. The molecule has 20 heavy (non-hydrogen) atoms. The van der Waals surface area contributed by atoms with E-state index >= 15 is 0 Å². The number of esters is 1. The van der Waals surface area contributed by atoms with Crippen LogP contribution in [0, 0.1) is 5.92 Å². The molecule has 2 fully saturated rings. The van der Waals surface area contributed by atoms with Crippen LogP contribution in [0.1, 0.15) is 32.1 Å². The van der Waals surface area contributed by atoms with Crippen molar-refractivity contribution in [3.8, 4) is 0 Å². The molecule has 7 heteroatoms. The first-order valence-corrected chi connectivity index (χ1v) is 8.74. The average Bonchev–Trinajstić information content (AvgIpc) is 2.99. The van der Waals surface area contributed by atoms with Gasteiger partial charge in [0.05, 0.1) is 18.3 Å². The summed E-state index contributed by atoms with van der Waals surface area (Å²) in [4.78, 5) is 11.9. The Morgan fingerprint density at radius 1 is 1.25 bits per heavy atom. The van der Waals surface area contributed by atoms with E-state index in [0.717, 1.165) is 25.8 Å². The van der Waals surface area contributed by atoms with E-state index in [0.29, 0.717) is 19.4 Å². The van der Waals surface area contributed by atoms with Gasteiger partial charge >= 0.3 is 5.97 Å². The molecule has 1 N–H and O–H groups in total. The Morgan fingerprint density at radius 2 is 1.95 bits per heavy atom. The van der Waals surface area contributed by atoms with Crippen LogP contribution in [0.15, 0.2) is 0 Å². The molecule has 1 saturated carbocycles. The minimum atomic E-state index is -3.46. The summed E-state index contributed by atoms with van der Waals surface area (Å²) in [5, 5.41) is 2.55. The maximum absolute atomic E-state index is 12.8. The Kier molecular flexibility index (Phi) is 5.04. The molecule has 6 nitrogen and oxygen atoms in total. The third-order valence-electron chi connectivity index (χ3n) is 4.54. The molecule has 0 bridgehead atoms. The summed E-state index contributed by atoms with van der Waals surface area (Å²) in [6.45, 7) is 1.53. The SMILES string of the molecule is COC(=O)C1CCCCC1S(=O)(=O)N(C)C1CCNC1. The van der Waals surface area contributed by atoms with Crippen LogP contribution in [-0.2, 0) is 19.6 Å². The van der Waals surface area contributed by atoms with Crippen LogP contribution in [0.4, 0.5) is 0 Å². The molecule has 0 aromatic carbocycles. The second-order valence-electron chi connectivity index (χ2n) is 5.66. The number of carbonyl (C=O) groups excluding carboxylic acids is 1. The molecule has 0 aromatic heterocycles. The molecule has 0 amide bonds. The zero-order valence-corrected chi connectivity index (χ0v) is 13.0. The maximum Gasteiger partial charge on any atom is 0.310 e. The molecule has 1 heterocycles. The number of rotatable bonds is 4. The van der Waals surface area contributed by atoms with Crippen molar-refractivity contribution in [3.63, 3.8) is 0 Å². The van der Waals surface area contributed by atoms with E-state index in [2.05, 4.69) is 5.32 Å². The van der Waals surface area contributed by atoms with E-state index in [-0.39, 0.29) is 6.04 Å². The minimum Gasteiger partial charge on any atom is -0.469 e. The summed E-state index contributed by atoms with van der Waals surface area (Å²) < 4.78 is 31.8. The smallest absolute Gasteiger partial charge is 0.310 e. The van der Waals surface area contributed by atoms with Crippen LogP contribution in [0.3, 0.4) is 0 Å². The van der Waals surface area contributed by atoms with E-state index in [1.807, 2.05) is 0 Å². The van der Waals surface area contributed by atoms with Crippen molar-refractivity contribution in [2.24, 2.45) is 5.92 Å². The van der Waals surface area contributed by atoms with Gasteiger partial charge in [-0.25, -0.2) is 12.7 Å². The molecule has 0 aromatic rings. The minimum absolute atomic E-state index is 0.000207. The highest BCUT2D eigenvalue weighted by molar-refractivity contribution is 7.89. The van der Waals surface area contributed by atoms with Crippen LogP contribution in [0.25, 0.3) is 0 Å². The Hall–Kier alpha value is -0.660. The van der Waals surface area contributed by atoms with Gasteiger partial charge < -0.3 is 10.1 Å². The highest BCUT2D eigenvalue weighted by Gasteiger charge is 2.43. The lowest BCUT2D eigenvalue weighted by molar-refractivity contribution is -0.146. The number of hydrogen-bond acceptors (Lipinski definition) is 5. The fourth-order valence-electron chi connectivity index (χ4n) is 3.25. The predicted octanol–water partition coefficient (Wildman–Crippen LogP) is 0.342. The van der Waals surface area contributed by atoms with Gasteiger partial charge in [0.1, 0.15) is 0 Å². The van der Waals surface area contributed by atoms with Crippen LogP contribution in [0.2, 0.25) is 0 Å². The monoisotopic (exact) mass is 304 g/mol. The molecule has 3 unspecified atom stereocenters. The average molecular weight is 304 g/mol. The van der Waals surface area contributed by atoms with Gasteiger partial charge in [-0.1, -0.05) is 12.8 Å². The summed E-state index contributed by atoms with van der Waals surface area (Å²) in [6, 6.07) is 0.000207. The van der Waals surface area contributed by atoms with Gasteiger partial charge in [-0.3, -0.25) is 4.79 Å². The van der Waals surface area contributed by atoms with Crippen molar-refractivity contribution < 1.29 is 17.9 Å². The summed E-state index contributed by atoms with van der Waals surface area (Å²) in [7, 11) is -0.498. The van der Waals surface area contributed by atoms with Crippen molar-refractivity contribution >= 4 is 16.0 Å². The molecule has 2 rings (SSSR count). The molecule has 116 valence electrons. The van der Waals surface area contributed by atoms with Crippen molar-refractivity contribution in [1.82, 2.24) is 9.62 Å². The van der Waals surface area contributed by atoms with Crippen molar-refractivity contribution in [3.05, 3.63) is 0 Å². The Bertz CT molecular complexity index is 445. The molecule has 1 saturated heterocycles. The molecule has 3 atom stereocenters. The van der Waals surface area contributed by atoms with Gasteiger partial charge in [0, 0.05) is 19.6 Å². The topological polar surface area (TPSA) is 75.7 Å². The Labute approximate surface area is 120 Å². The standard InChI is InChI=1S/C13H24N2O4S/c1-15(10-7-8-14-9-10)20(17,18)12-6-4-3-5-11(12)13(16)19-2/h10-12,14H,3-9H2,1-2H3. The number of methoxy groups -OCH3 is 1. The van der Waals surface area contributed by atoms with E-state index in [9.17, 15) is 13.2 Å². The number of likely N-dealkylation sites (N-methyl/N-ethyl adjacent to an activating group) is 1. The van der Waals surface area contributed by atoms with E-state index < -0.39 is 27.2 Å². The highest BCUT2D eigenvalue weighted by Crippen LogP contribution is 2.32. The normalized spacial score (nSPS) is 31.4. The van der Waals surface area contributed by atoms with Crippen LogP contribution in [-0.4, -0.2) is 57.2 Å². The summed E-state index contributed by atoms with van der Waals surface area (Å²) >= 11 is 0. The fourth-order valence-corrected chi connectivity index (χ4v) is 5.40. The maximum atomic E-state index is 12.8. The summed E-state index contributed by atoms with van der Waals surface area (Å²) in [5.41, 5.74) is 0. The second-order valence-corrected chi connectivity index (χ2v) is 7.87. The third-order valence-corrected chi connectivity index (χ3v) is 6.97. The summed E-state index contributed by atoms with van der Waals surface area (Å²) in [6.07, 6.45) is 3.72. The van der Waals surface area contributed by atoms with Crippen LogP contribution in [0.5, 0.6) is 0 Å². The molecule has 0 radical (unpaired) electrons. The zero-order valence-electron chi connectivity index (χ0n) is 12.2. The quantitative estimate of drug-likeness (QED) is 0.758. The van der Waals surface area contributed by atoms with Gasteiger partial charge in [0.25, 0.3) is 0 Å². The van der Waals surface area contributed by atoms with Gasteiger partial charge in [0.15, 0.2) is 0 Å². The van der Waals surface area contributed by atoms with E-state index in [1.165, 1.54) is 11.4 Å². The van der Waals surface area contributed by atoms with Gasteiger partial charge in [0.2, 0.25) is 10.0 Å². The lowest BCUT2D eigenvalue weighted by atomic mass is 9.89. The molecule has 1 aliphatic carbocycles. The Balaban J connectivity index is 2.18. The zero-order chi connectivity index (χ0) is 14.8. The van der Waals surface area contributed by atoms with Gasteiger partial charge in [-0.2, -0.15) is 0 Å². The predicted molar refractivity (Wildman–Crippen MR) is 75.7 cm³/mol. The second kappa shape index (κ2) is 6.41.